The standard InChI is InChI=1S/C15H21NO/c1-3-5-11(4-2)16-15(17)14-12-9-6-7-10(8-9)13(12)14/h1,9-14H,4-8H2,2H3,(H,16,17). The molecule has 0 aromatic heterocycles. The van der Waals surface area contributed by atoms with E-state index in [0.29, 0.717) is 18.2 Å². The lowest BCUT2D eigenvalue weighted by molar-refractivity contribution is -0.124. The summed E-state index contributed by atoms with van der Waals surface area (Å²) < 4.78 is 0. The summed E-state index contributed by atoms with van der Waals surface area (Å²) in [7, 11) is 0. The molecular weight excluding hydrogens is 210 g/mol. The van der Waals surface area contributed by atoms with Gasteiger partial charge in [-0.3, -0.25) is 4.79 Å². The van der Waals surface area contributed by atoms with Gasteiger partial charge in [-0.1, -0.05) is 6.92 Å². The van der Waals surface area contributed by atoms with E-state index in [0.717, 1.165) is 30.1 Å². The molecule has 2 bridgehead atoms. The Bertz CT molecular complexity index is 354. The van der Waals surface area contributed by atoms with Crippen molar-refractivity contribution < 1.29 is 4.79 Å². The Morgan fingerprint density at radius 3 is 2.59 bits per heavy atom. The number of nitrogens with one attached hydrogen (secondary N) is 1. The largest absolute Gasteiger partial charge is 0.352 e. The van der Waals surface area contributed by atoms with Crippen LogP contribution >= 0.6 is 0 Å². The first kappa shape index (κ1) is 11.1. The Labute approximate surface area is 104 Å². The lowest BCUT2D eigenvalue weighted by Gasteiger charge is -2.16. The lowest BCUT2D eigenvalue weighted by atomic mass is 10.0. The number of carbonyl (C=O) groups excluding carboxylic acids is 1. The van der Waals surface area contributed by atoms with Gasteiger partial charge in [0, 0.05) is 18.4 Å². The molecule has 2 nitrogen and oxygen atoms in total. The average Bonchev–Trinajstić information content (AvgIpc) is 2.78. The van der Waals surface area contributed by atoms with Crippen LogP contribution < -0.4 is 5.32 Å². The van der Waals surface area contributed by atoms with Crippen LogP contribution in [0.25, 0.3) is 0 Å². The first-order valence-corrected chi connectivity index (χ1v) is 7.00. The molecule has 3 fully saturated rings. The van der Waals surface area contributed by atoms with E-state index in [2.05, 4.69) is 18.2 Å². The highest BCUT2D eigenvalue weighted by Gasteiger charge is 2.67. The van der Waals surface area contributed by atoms with E-state index < -0.39 is 0 Å². The highest BCUT2D eigenvalue weighted by molar-refractivity contribution is 5.83. The number of hydrogen-bond acceptors (Lipinski definition) is 1. The molecule has 1 amide bonds. The Balaban J connectivity index is 1.57. The maximum Gasteiger partial charge on any atom is 0.223 e. The van der Waals surface area contributed by atoms with E-state index in [1.807, 2.05) is 0 Å². The van der Waals surface area contributed by atoms with Crippen LogP contribution in [0, 0.1) is 41.9 Å². The number of terminal acetylenes is 1. The second kappa shape index (κ2) is 4.05. The Kier molecular flexibility index (Phi) is 2.65. The maximum atomic E-state index is 12.2. The quantitative estimate of drug-likeness (QED) is 0.738. The van der Waals surface area contributed by atoms with Crippen molar-refractivity contribution in [3.63, 3.8) is 0 Å². The fraction of sp³-hybridized carbons (Fsp3) is 0.800. The van der Waals surface area contributed by atoms with Crippen molar-refractivity contribution in [1.29, 1.82) is 0 Å². The highest BCUT2D eigenvalue weighted by atomic mass is 16.2. The molecule has 5 atom stereocenters. The predicted octanol–water partition coefficient (Wildman–Crippen LogP) is 2.20. The van der Waals surface area contributed by atoms with Crippen LogP contribution in [-0.4, -0.2) is 11.9 Å². The van der Waals surface area contributed by atoms with E-state index in [4.69, 9.17) is 6.42 Å². The summed E-state index contributed by atoms with van der Waals surface area (Å²) >= 11 is 0. The topological polar surface area (TPSA) is 29.1 Å². The molecule has 0 aromatic rings. The minimum absolute atomic E-state index is 0.187. The third-order valence-electron chi connectivity index (χ3n) is 5.24. The van der Waals surface area contributed by atoms with Crippen LogP contribution in [0.3, 0.4) is 0 Å². The fourth-order valence-corrected chi connectivity index (χ4v) is 4.41. The Hall–Kier alpha value is -0.970. The predicted molar refractivity (Wildman–Crippen MR) is 67.0 cm³/mol. The van der Waals surface area contributed by atoms with Crippen LogP contribution in [0.15, 0.2) is 0 Å². The van der Waals surface area contributed by atoms with E-state index in [1.54, 1.807) is 0 Å². The van der Waals surface area contributed by atoms with Crippen LogP contribution in [-0.2, 0) is 4.79 Å². The van der Waals surface area contributed by atoms with Gasteiger partial charge in [-0.2, -0.15) is 0 Å². The number of fused-ring (bicyclic) bond motifs is 5. The van der Waals surface area contributed by atoms with Gasteiger partial charge in [0.15, 0.2) is 0 Å². The molecule has 92 valence electrons. The molecule has 17 heavy (non-hydrogen) atoms. The Morgan fingerprint density at radius 1 is 1.41 bits per heavy atom. The summed E-state index contributed by atoms with van der Waals surface area (Å²) in [6.45, 7) is 2.08. The van der Waals surface area contributed by atoms with Crippen LogP contribution in [0.1, 0.15) is 39.0 Å². The zero-order chi connectivity index (χ0) is 12.0. The van der Waals surface area contributed by atoms with E-state index in [9.17, 15) is 4.79 Å². The van der Waals surface area contributed by atoms with Gasteiger partial charge < -0.3 is 5.32 Å². The number of carbonyl (C=O) groups is 1. The van der Waals surface area contributed by atoms with Crippen molar-refractivity contribution in [3.05, 3.63) is 0 Å². The van der Waals surface area contributed by atoms with Gasteiger partial charge in [0.25, 0.3) is 0 Å². The molecule has 0 saturated heterocycles. The maximum absolute atomic E-state index is 12.2. The van der Waals surface area contributed by atoms with E-state index >= 15 is 0 Å². The molecule has 2 heteroatoms. The minimum Gasteiger partial charge on any atom is -0.352 e. The van der Waals surface area contributed by atoms with Crippen molar-refractivity contribution in [1.82, 2.24) is 5.32 Å². The molecule has 3 aliphatic rings. The van der Waals surface area contributed by atoms with E-state index in [1.165, 1.54) is 19.3 Å². The molecule has 5 unspecified atom stereocenters. The SMILES string of the molecule is C#CCC(CC)NC(=O)C1C2C3CCC(C3)C12. The molecule has 3 saturated carbocycles. The summed E-state index contributed by atoms with van der Waals surface area (Å²) in [5, 5.41) is 3.15. The normalized spacial score (nSPS) is 42.7. The summed E-state index contributed by atoms with van der Waals surface area (Å²) in [5.74, 6) is 6.48. The molecule has 0 heterocycles. The van der Waals surface area contributed by atoms with E-state index in [-0.39, 0.29) is 6.04 Å². The number of rotatable bonds is 4. The van der Waals surface area contributed by atoms with Crippen molar-refractivity contribution in [2.75, 3.05) is 0 Å². The summed E-state index contributed by atoms with van der Waals surface area (Å²) in [4.78, 5) is 12.2. The third-order valence-corrected chi connectivity index (χ3v) is 5.24. The Morgan fingerprint density at radius 2 is 2.06 bits per heavy atom. The fourth-order valence-electron chi connectivity index (χ4n) is 4.41. The smallest absolute Gasteiger partial charge is 0.223 e. The molecule has 0 spiro atoms. The van der Waals surface area contributed by atoms with Crippen molar-refractivity contribution in [2.24, 2.45) is 29.6 Å². The number of hydrogen-bond donors (Lipinski definition) is 1. The zero-order valence-electron chi connectivity index (χ0n) is 10.5. The van der Waals surface area contributed by atoms with Crippen molar-refractivity contribution in [2.45, 2.75) is 45.1 Å². The van der Waals surface area contributed by atoms with Gasteiger partial charge in [0.2, 0.25) is 5.91 Å². The van der Waals surface area contributed by atoms with Crippen LogP contribution in [0.4, 0.5) is 0 Å². The van der Waals surface area contributed by atoms with Gasteiger partial charge in [0.05, 0.1) is 0 Å². The summed E-state index contributed by atoms with van der Waals surface area (Å²) in [5.41, 5.74) is 0. The summed E-state index contributed by atoms with van der Waals surface area (Å²) in [6, 6.07) is 0.187. The molecular formula is C15H21NO. The first-order valence-electron chi connectivity index (χ1n) is 7.00. The van der Waals surface area contributed by atoms with Gasteiger partial charge in [0.1, 0.15) is 0 Å². The monoisotopic (exact) mass is 231 g/mol. The van der Waals surface area contributed by atoms with Crippen LogP contribution in [0.5, 0.6) is 0 Å². The van der Waals surface area contributed by atoms with Crippen LogP contribution in [0.2, 0.25) is 0 Å². The molecule has 3 rings (SSSR count). The number of amides is 1. The van der Waals surface area contributed by atoms with Gasteiger partial charge in [-0.25, -0.2) is 0 Å². The van der Waals surface area contributed by atoms with Crippen molar-refractivity contribution >= 4 is 5.91 Å². The molecule has 3 aliphatic carbocycles. The van der Waals surface area contributed by atoms with Crippen molar-refractivity contribution in [3.8, 4) is 12.3 Å². The minimum atomic E-state index is 0.187. The second-order valence-corrected chi connectivity index (χ2v) is 6.04. The first-order chi connectivity index (χ1) is 8.26. The molecule has 0 aromatic carbocycles. The third kappa shape index (κ3) is 1.68. The van der Waals surface area contributed by atoms with Gasteiger partial charge in [-0.05, 0) is 49.4 Å². The molecule has 0 radical (unpaired) electrons. The zero-order valence-corrected chi connectivity index (χ0v) is 10.5. The molecule has 0 aliphatic heterocycles. The highest BCUT2D eigenvalue weighted by Crippen LogP contribution is 2.69. The van der Waals surface area contributed by atoms with Gasteiger partial charge >= 0.3 is 0 Å². The van der Waals surface area contributed by atoms with Gasteiger partial charge in [-0.15, -0.1) is 12.3 Å². The lowest BCUT2D eigenvalue weighted by Crippen LogP contribution is -2.36. The molecule has 1 N–H and O–H groups in total. The average molecular weight is 231 g/mol. The summed E-state index contributed by atoms with van der Waals surface area (Å²) in [6.07, 6.45) is 11.1. The second-order valence-electron chi connectivity index (χ2n) is 6.04.